The van der Waals surface area contributed by atoms with Crippen LogP contribution in [-0.2, 0) is 4.74 Å². The van der Waals surface area contributed by atoms with Crippen molar-refractivity contribution in [2.24, 2.45) is 11.3 Å². The minimum absolute atomic E-state index is 0.281. The van der Waals surface area contributed by atoms with Crippen molar-refractivity contribution in [1.82, 2.24) is 0 Å². The second kappa shape index (κ2) is 4.20. The third-order valence-electron chi connectivity index (χ3n) is 5.08. The molecular formula is C17H18NO3+. The molecule has 2 atom stereocenters. The Morgan fingerprint density at radius 3 is 3.14 bits per heavy atom. The molecule has 0 aromatic rings. The van der Waals surface area contributed by atoms with Gasteiger partial charge >= 0.3 is 5.88 Å². The normalized spacial score (nSPS) is 38.6. The van der Waals surface area contributed by atoms with Gasteiger partial charge in [0.25, 0.3) is 0 Å². The van der Waals surface area contributed by atoms with Crippen LogP contribution in [0.1, 0.15) is 25.7 Å². The lowest BCUT2D eigenvalue weighted by molar-refractivity contribution is -0.462. The van der Waals surface area contributed by atoms with Crippen molar-refractivity contribution in [1.29, 1.82) is 0 Å². The largest absolute Gasteiger partial charge is 0.508 e. The van der Waals surface area contributed by atoms with Crippen molar-refractivity contribution in [3.8, 4) is 0 Å². The fourth-order valence-electron chi connectivity index (χ4n) is 4.13. The summed E-state index contributed by atoms with van der Waals surface area (Å²) in [6.45, 7) is 0. The van der Waals surface area contributed by atoms with Crippen molar-refractivity contribution < 1.29 is 14.6 Å². The first-order valence-corrected chi connectivity index (χ1v) is 7.39. The Kier molecular flexibility index (Phi) is 2.52. The molecule has 0 saturated heterocycles. The van der Waals surface area contributed by atoms with E-state index in [0.29, 0.717) is 11.8 Å². The molecule has 0 aromatic heterocycles. The van der Waals surface area contributed by atoms with Gasteiger partial charge in [0, 0.05) is 22.0 Å². The molecule has 1 aliphatic heterocycles. The number of hydrogen-bond donors (Lipinski definition) is 1. The molecule has 1 saturated carbocycles. The molecule has 0 amide bonds. The third kappa shape index (κ3) is 1.75. The molecule has 4 rings (SSSR count). The zero-order valence-electron chi connectivity index (χ0n) is 12.0. The standard InChI is InChI=1S/C17H17NO3/c1-21-16-9-17-5-4-13(19)7-15(17)14-6-11(8-17)2-3-12(14)10-18(16)20/h4-5,7,9-11H,2-3,6,8H2,1H3/p+1/b16-9+. The lowest BCUT2D eigenvalue weighted by Gasteiger charge is -2.44. The van der Waals surface area contributed by atoms with Crippen LogP contribution in [0.2, 0.25) is 0 Å². The van der Waals surface area contributed by atoms with Gasteiger partial charge in [-0.25, -0.2) is 0 Å². The first-order chi connectivity index (χ1) is 10.1. The highest BCUT2D eigenvalue weighted by atomic mass is 16.5. The number of allylic oxidation sites excluding steroid dienone is 7. The average molecular weight is 284 g/mol. The quantitative estimate of drug-likeness (QED) is 0.748. The van der Waals surface area contributed by atoms with E-state index < -0.39 is 0 Å². The maximum atomic E-state index is 12.3. The summed E-state index contributed by atoms with van der Waals surface area (Å²) in [5.74, 6) is 1.24. The fraction of sp³-hybridized carbons (Fsp3) is 0.412. The molecule has 4 heteroatoms. The van der Waals surface area contributed by atoms with Gasteiger partial charge in [-0.3, -0.25) is 0 Å². The van der Waals surface area contributed by atoms with Crippen LogP contribution >= 0.6 is 0 Å². The molecule has 4 nitrogen and oxygen atoms in total. The topological polar surface area (TPSA) is 49.5 Å². The van der Waals surface area contributed by atoms with Gasteiger partial charge in [0.15, 0.2) is 0 Å². The molecule has 108 valence electrons. The number of hydrogen-bond acceptors (Lipinski definition) is 3. The molecule has 0 radical (unpaired) electrons. The second-order valence-corrected chi connectivity index (χ2v) is 6.31. The third-order valence-corrected chi connectivity index (χ3v) is 5.08. The summed E-state index contributed by atoms with van der Waals surface area (Å²) in [5.41, 5.74) is 3.13. The number of rotatable bonds is 1. The molecule has 3 aliphatic carbocycles. The summed E-state index contributed by atoms with van der Waals surface area (Å²) >= 11 is 0. The van der Waals surface area contributed by atoms with E-state index in [1.54, 1.807) is 12.3 Å². The Morgan fingerprint density at radius 1 is 1.48 bits per heavy atom. The van der Waals surface area contributed by atoms with E-state index in [2.05, 4.69) is 0 Å². The molecule has 3 bridgehead atoms. The van der Waals surface area contributed by atoms with Crippen LogP contribution in [0.4, 0.5) is 0 Å². The first kappa shape index (κ1) is 12.6. The Bertz CT molecular complexity index is 693. The van der Waals surface area contributed by atoms with Gasteiger partial charge in [-0.2, -0.15) is 0 Å². The Balaban J connectivity index is 2.04. The van der Waals surface area contributed by atoms with Crippen LogP contribution in [0.25, 0.3) is 0 Å². The lowest BCUT2D eigenvalue weighted by atomic mass is 9.59. The molecule has 0 aromatic carbocycles. The number of nitrogens with zero attached hydrogens (tertiary/aromatic N) is 1. The van der Waals surface area contributed by atoms with E-state index in [-0.39, 0.29) is 11.2 Å². The van der Waals surface area contributed by atoms with Crippen LogP contribution < -0.4 is 0 Å². The highest BCUT2D eigenvalue weighted by molar-refractivity contribution is 5.55. The monoisotopic (exact) mass is 284 g/mol. The van der Waals surface area contributed by atoms with Crippen molar-refractivity contribution in [2.45, 2.75) is 25.7 Å². The van der Waals surface area contributed by atoms with E-state index in [1.165, 1.54) is 12.7 Å². The van der Waals surface area contributed by atoms with Crippen molar-refractivity contribution in [3.63, 3.8) is 0 Å². The molecule has 0 spiro atoms. The SMILES string of the molecule is CO/C1=C/C23C=CC(O)=CC2=C2CC(CC/C2=C/[N+]1=O)C3. The predicted octanol–water partition coefficient (Wildman–Crippen LogP) is 3.65. The van der Waals surface area contributed by atoms with Crippen molar-refractivity contribution >= 4 is 0 Å². The minimum atomic E-state index is -0.321. The smallest absolute Gasteiger partial charge is 0.419 e. The molecule has 1 fully saturated rings. The van der Waals surface area contributed by atoms with Gasteiger partial charge in [0.05, 0.1) is 7.11 Å². The van der Waals surface area contributed by atoms with Gasteiger partial charge < -0.3 is 9.84 Å². The average Bonchev–Trinajstić information content (AvgIpc) is 2.48. The van der Waals surface area contributed by atoms with Crippen molar-refractivity contribution in [3.05, 3.63) is 63.8 Å². The van der Waals surface area contributed by atoms with Gasteiger partial charge in [0.1, 0.15) is 10.5 Å². The zero-order chi connectivity index (χ0) is 14.6. The van der Waals surface area contributed by atoms with E-state index in [1.807, 2.05) is 18.2 Å². The summed E-state index contributed by atoms with van der Waals surface area (Å²) < 4.78 is 6.14. The van der Waals surface area contributed by atoms with Gasteiger partial charge in [0.2, 0.25) is 6.20 Å². The first-order valence-electron chi connectivity index (χ1n) is 7.39. The van der Waals surface area contributed by atoms with Crippen molar-refractivity contribution in [2.75, 3.05) is 7.11 Å². The number of methoxy groups -OCH3 is 1. The number of ether oxygens (including phenoxy) is 1. The molecular weight excluding hydrogens is 266 g/mol. The maximum absolute atomic E-state index is 12.3. The number of nitroso groups, excluding NO2 is 1. The van der Waals surface area contributed by atoms with E-state index in [9.17, 15) is 10.0 Å². The van der Waals surface area contributed by atoms with Gasteiger partial charge in [-0.05, 0) is 54.9 Å². The molecule has 21 heavy (non-hydrogen) atoms. The number of aliphatic hydroxyl groups is 1. The predicted molar refractivity (Wildman–Crippen MR) is 78.1 cm³/mol. The summed E-state index contributed by atoms with van der Waals surface area (Å²) in [7, 11) is 1.53. The van der Waals surface area contributed by atoms with Crippen LogP contribution in [0.3, 0.4) is 0 Å². The highest BCUT2D eigenvalue weighted by Gasteiger charge is 2.46. The number of fused-ring (bicyclic) bond motifs is 1. The zero-order valence-corrected chi connectivity index (χ0v) is 12.0. The Morgan fingerprint density at radius 2 is 2.33 bits per heavy atom. The van der Waals surface area contributed by atoms with E-state index >= 15 is 0 Å². The summed E-state index contributed by atoms with van der Waals surface area (Å²) in [6, 6.07) is 0. The van der Waals surface area contributed by atoms with E-state index in [4.69, 9.17) is 4.74 Å². The van der Waals surface area contributed by atoms with Crippen LogP contribution in [-0.4, -0.2) is 17.0 Å². The summed E-state index contributed by atoms with van der Waals surface area (Å²) in [4.78, 5) is 12.3. The Labute approximate surface area is 123 Å². The highest BCUT2D eigenvalue weighted by Crippen LogP contribution is 2.55. The molecule has 4 aliphatic rings. The van der Waals surface area contributed by atoms with Gasteiger partial charge in [-0.15, -0.1) is 0 Å². The van der Waals surface area contributed by atoms with E-state index in [0.717, 1.165) is 41.6 Å². The van der Waals surface area contributed by atoms with Crippen LogP contribution in [0.5, 0.6) is 0 Å². The van der Waals surface area contributed by atoms with Crippen LogP contribution in [0.15, 0.2) is 58.9 Å². The summed E-state index contributed by atoms with van der Waals surface area (Å²) in [5, 5.41) is 9.90. The summed E-state index contributed by atoms with van der Waals surface area (Å²) in [6.07, 6.45) is 13.2. The fourth-order valence-corrected chi connectivity index (χ4v) is 4.13. The second-order valence-electron chi connectivity index (χ2n) is 6.31. The minimum Gasteiger partial charge on any atom is -0.508 e. The molecule has 1 heterocycles. The Hall–Kier alpha value is -2.10. The maximum Gasteiger partial charge on any atom is 0.419 e. The van der Waals surface area contributed by atoms with Gasteiger partial charge in [-0.1, -0.05) is 6.08 Å². The van der Waals surface area contributed by atoms with Crippen LogP contribution in [0, 0.1) is 16.2 Å². The molecule has 2 unspecified atom stereocenters. The number of aliphatic hydroxyl groups excluding tert-OH is 1. The molecule has 1 N–H and O–H groups in total. The lowest BCUT2D eigenvalue weighted by Crippen LogP contribution is -2.34.